The molecule has 1 fully saturated rings. The normalized spacial score (nSPS) is 21.6. The Morgan fingerprint density at radius 2 is 2.33 bits per heavy atom. The summed E-state index contributed by atoms with van der Waals surface area (Å²) in [5, 5.41) is 0. The summed E-state index contributed by atoms with van der Waals surface area (Å²) in [6, 6.07) is 0. The molecule has 1 rings (SSSR count). The Bertz CT molecular complexity index is 118. The first-order valence-corrected chi connectivity index (χ1v) is 3.88. The molecule has 0 aliphatic heterocycles. The summed E-state index contributed by atoms with van der Waals surface area (Å²) in [6.07, 6.45) is 2.45. The number of hydrogen-bond acceptors (Lipinski definition) is 1. The first kappa shape index (κ1) is 7.07. The van der Waals surface area contributed by atoms with Gasteiger partial charge in [-0.1, -0.05) is 6.92 Å². The van der Waals surface area contributed by atoms with E-state index in [2.05, 4.69) is 0 Å². The summed E-state index contributed by atoms with van der Waals surface area (Å²) < 4.78 is 0. The molecule has 0 saturated heterocycles. The van der Waals surface area contributed by atoms with Gasteiger partial charge in [0.05, 0.1) is 5.88 Å². The van der Waals surface area contributed by atoms with Gasteiger partial charge >= 0.3 is 0 Å². The van der Waals surface area contributed by atoms with Gasteiger partial charge in [0, 0.05) is 5.92 Å². The van der Waals surface area contributed by atoms with Gasteiger partial charge in [-0.2, -0.15) is 0 Å². The lowest BCUT2D eigenvalue weighted by molar-refractivity contribution is -0.120. The van der Waals surface area contributed by atoms with Crippen LogP contribution in [0.25, 0.3) is 0 Å². The maximum Gasteiger partial charge on any atom is 0.150 e. The molecule has 0 spiro atoms. The van der Waals surface area contributed by atoms with Crippen LogP contribution in [-0.4, -0.2) is 11.7 Å². The van der Waals surface area contributed by atoms with Gasteiger partial charge in [-0.25, -0.2) is 0 Å². The van der Waals surface area contributed by atoms with E-state index in [1.165, 1.54) is 12.8 Å². The second kappa shape index (κ2) is 2.70. The highest BCUT2D eigenvalue weighted by atomic mass is 35.5. The van der Waals surface area contributed by atoms with Crippen molar-refractivity contribution in [1.82, 2.24) is 0 Å². The summed E-state index contributed by atoms with van der Waals surface area (Å²) >= 11 is 5.37. The maximum absolute atomic E-state index is 10.9. The van der Waals surface area contributed by atoms with E-state index in [4.69, 9.17) is 11.6 Å². The number of rotatable bonds is 3. The van der Waals surface area contributed by atoms with Crippen molar-refractivity contribution >= 4 is 17.4 Å². The predicted molar refractivity (Wildman–Crippen MR) is 37.6 cm³/mol. The smallest absolute Gasteiger partial charge is 0.150 e. The van der Waals surface area contributed by atoms with E-state index in [9.17, 15) is 4.79 Å². The van der Waals surface area contributed by atoms with Crippen molar-refractivity contribution in [3.05, 3.63) is 0 Å². The van der Waals surface area contributed by atoms with E-state index < -0.39 is 0 Å². The van der Waals surface area contributed by atoms with Crippen molar-refractivity contribution in [2.24, 2.45) is 11.8 Å². The second-order valence-electron chi connectivity index (χ2n) is 2.73. The first-order valence-electron chi connectivity index (χ1n) is 3.34. The van der Waals surface area contributed by atoms with Crippen molar-refractivity contribution in [2.45, 2.75) is 19.8 Å². The highest BCUT2D eigenvalue weighted by Crippen LogP contribution is 2.36. The molecule has 9 heavy (non-hydrogen) atoms. The van der Waals surface area contributed by atoms with E-state index in [-0.39, 0.29) is 17.6 Å². The fourth-order valence-electron chi connectivity index (χ4n) is 0.981. The largest absolute Gasteiger partial charge is 0.298 e. The van der Waals surface area contributed by atoms with Crippen LogP contribution in [0, 0.1) is 11.8 Å². The molecule has 1 nitrogen and oxygen atoms in total. The van der Waals surface area contributed by atoms with E-state index in [0.29, 0.717) is 5.92 Å². The number of carbonyl (C=O) groups is 1. The van der Waals surface area contributed by atoms with Gasteiger partial charge in [-0.05, 0) is 18.8 Å². The zero-order valence-corrected chi connectivity index (χ0v) is 6.32. The quantitative estimate of drug-likeness (QED) is 0.556. The third-order valence-corrected chi connectivity index (χ3v) is 2.23. The Kier molecular flexibility index (Phi) is 2.12. The van der Waals surface area contributed by atoms with Crippen LogP contribution in [0.15, 0.2) is 0 Å². The molecule has 1 saturated carbocycles. The molecule has 0 aromatic rings. The second-order valence-corrected chi connectivity index (χ2v) is 2.99. The van der Waals surface area contributed by atoms with Gasteiger partial charge in [0.1, 0.15) is 0 Å². The number of ketones is 1. The number of alkyl halides is 1. The minimum atomic E-state index is 0.192. The summed E-state index contributed by atoms with van der Waals surface area (Å²) in [5.41, 5.74) is 0. The summed E-state index contributed by atoms with van der Waals surface area (Å²) in [7, 11) is 0. The van der Waals surface area contributed by atoms with Gasteiger partial charge in [-0.3, -0.25) is 4.79 Å². The standard InChI is InChI=1S/C7H11ClO/c1-5(6-2-3-6)7(9)4-8/h5-6H,2-4H2,1H3. The zero-order valence-electron chi connectivity index (χ0n) is 5.56. The Morgan fingerprint density at radius 1 is 1.78 bits per heavy atom. The summed E-state index contributed by atoms with van der Waals surface area (Å²) in [4.78, 5) is 10.9. The molecule has 2 heteroatoms. The molecular formula is C7H11ClO. The van der Waals surface area contributed by atoms with Crippen LogP contribution in [0.1, 0.15) is 19.8 Å². The minimum absolute atomic E-state index is 0.192. The molecule has 1 aliphatic carbocycles. The molecular weight excluding hydrogens is 136 g/mol. The lowest BCUT2D eigenvalue weighted by Gasteiger charge is -2.03. The molecule has 0 amide bonds. The van der Waals surface area contributed by atoms with Crippen molar-refractivity contribution in [2.75, 3.05) is 5.88 Å². The van der Waals surface area contributed by atoms with Gasteiger partial charge in [0.15, 0.2) is 5.78 Å². The van der Waals surface area contributed by atoms with E-state index >= 15 is 0 Å². The third kappa shape index (κ3) is 1.68. The third-order valence-electron chi connectivity index (χ3n) is 1.97. The van der Waals surface area contributed by atoms with E-state index in [1.54, 1.807) is 0 Å². The predicted octanol–water partition coefficient (Wildman–Crippen LogP) is 1.84. The first-order chi connectivity index (χ1) is 4.25. The van der Waals surface area contributed by atoms with Gasteiger partial charge in [-0.15, -0.1) is 11.6 Å². The summed E-state index contributed by atoms with van der Waals surface area (Å²) in [6.45, 7) is 1.97. The molecule has 0 aromatic heterocycles. The molecule has 0 bridgehead atoms. The van der Waals surface area contributed by atoms with E-state index in [0.717, 1.165) is 0 Å². The van der Waals surface area contributed by atoms with Gasteiger partial charge in [0.2, 0.25) is 0 Å². The van der Waals surface area contributed by atoms with Crippen LogP contribution in [0.5, 0.6) is 0 Å². The van der Waals surface area contributed by atoms with E-state index in [1.807, 2.05) is 6.92 Å². The Labute approximate surface area is 60.4 Å². The molecule has 1 unspecified atom stereocenters. The van der Waals surface area contributed by atoms with Crippen LogP contribution < -0.4 is 0 Å². The van der Waals surface area contributed by atoms with Crippen LogP contribution in [0.2, 0.25) is 0 Å². The SMILES string of the molecule is CC(C(=O)CCl)C1CC1. The highest BCUT2D eigenvalue weighted by Gasteiger charge is 2.31. The average molecular weight is 147 g/mol. The minimum Gasteiger partial charge on any atom is -0.298 e. The highest BCUT2D eigenvalue weighted by molar-refractivity contribution is 6.27. The number of carbonyl (C=O) groups excluding carboxylic acids is 1. The maximum atomic E-state index is 10.9. The van der Waals surface area contributed by atoms with Crippen molar-refractivity contribution in [3.8, 4) is 0 Å². The lowest BCUT2D eigenvalue weighted by atomic mass is 10.0. The van der Waals surface area contributed by atoms with Crippen molar-refractivity contribution in [3.63, 3.8) is 0 Å². The topological polar surface area (TPSA) is 17.1 Å². The molecule has 0 N–H and O–H groups in total. The van der Waals surface area contributed by atoms with Crippen LogP contribution in [-0.2, 0) is 4.79 Å². The van der Waals surface area contributed by atoms with Crippen LogP contribution >= 0.6 is 11.6 Å². The average Bonchev–Trinajstić information content (AvgIpc) is 2.66. The Morgan fingerprint density at radius 3 is 2.67 bits per heavy atom. The fraction of sp³-hybridized carbons (Fsp3) is 0.857. The van der Waals surface area contributed by atoms with Gasteiger partial charge in [0.25, 0.3) is 0 Å². The number of Topliss-reactive ketones (excluding diaryl/α,β-unsaturated/α-hetero) is 1. The fourth-order valence-corrected chi connectivity index (χ4v) is 1.22. The molecule has 0 heterocycles. The van der Waals surface area contributed by atoms with Crippen molar-refractivity contribution in [1.29, 1.82) is 0 Å². The molecule has 0 radical (unpaired) electrons. The molecule has 52 valence electrons. The monoisotopic (exact) mass is 146 g/mol. The van der Waals surface area contributed by atoms with Crippen LogP contribution in [0.3, 0.4) is 0 Å². The molecule has 1 aliphatic rings. The molecule has 0 aromatic carbocycles. The number of hydrogen-bond donors (Lipinski definition) is 0. The summed E-state index contributed by atoms with van der Waals surface area (Å²) in [5.74, 6) is 1.29. The van der Waals surface area contributed by atoms with Crippen molar-refractivity contribution < 1.29 is 4.79 Å². The Balaban J connectivity index is 2.30. The zero-order chi connectivity index (χ0) is 6.85. The Hall–Kier alpha value is -0.0400. The lowest BCUT2D eigenvalue weighted by Crippen LogP contribution is -2.13. The number of halogens is 1. The van der Waals surface area contributed by atoms with Crippen LogP contribution in [0.4, 0.5) is 0 Å². The van der Waals surface area contributed by atoms with Gasteiger partial charge < -0.3 is 0 Å². The molecule has 1 atom stereocenters.